The van der Waals surface area contributed by atoms with Gasteiger partial charge in [-0.3, -0.25) is 4.79 Å². The summed E-state index contributed by atoms with van der Waals surface area (Å²) in [6, 6.07) is 9.64. The van der Waals surface area contributed by atoms with Gasteiger partial charge >= 0.3 is 0 Å². The zero-order chi connectivity index (χ0) is 13.5. The molecule has 1 rings (SSSR count). The molecule has 1 amide bonds. The minimum Gasteiger partial charge on any atom is -0.392 e. The van der Waals surface area contributed by atoms with Gasteiger partial charge in [0.2, 0.25) is 5.91 Å². The smallest absolute Gasteiger partial charge is 0.222 e. The Morgan fingerprint density at radius 2 is 2.00 bits per heavy atom. The predicted molar refractivity (Wildman–Crippen MR) is 71.9 cm³/mol. The van der Waals surface area contributed by atoms with Gasteiger partial charge in [-0.1, -0.05) is 30.3 Å². The fraction of sp³-hybridized carbons (Fsp3) is 0.500. The predicted octanol–water partition coefficient (Wildman–Crippen LogP) is 1.31. The fourth-order valence-corrected chi connectivity index (χ4v) is 1.83. The van der Waals surface area contributed by atoms with Gasteiger partial charge in [-0.2, -0.15) is 0 Å². The molecule has 2 atom stereocenters. The number of benzene rings is 1. The fourth-order valence-electron chi connectivity index (χ4n) is 1.83. The molecule has 0 bridgehead atoms. The molecule has 0 spiro atoms. The Kier molecular flexibility index (Phi) is 5.82. The summed E-state index contributed by atoms with van der Waals surface area (Å²) < 4.78 is 0. The van der Waals surface area contributed by atoms with E-state index in [1.54, 1.807) is 18.9 Å². The van der Waals surface area contributed by atoms with Crippen LogP contribution in [-0.2, 0) is 4.79 Å². The third-order valence-corrected chi connectivity index (χ3v) is 2.86. The molecule has 0 fully saturated rings. The first-order valence-corrected chi connectivity index (χ1v) is 6.23. The van der Waals surface area contributed by atoms with Crippen molar-refractivity contribution in [3.63, 3.8) is 0 Å². The molecular weight excluding hydrogens is 228 g/mol. The Morgan fingerprint density at radius 3 is 2.56 bits per heavy atom. The van der Waals surface area contributed by atoms with E-state index in [9.17, 15) is 9.90 Å². The number of likely N-dealkylation sites (N-methyl/N-ethyl adjacent to an activating group) is 1. The largest absolute Gasteiger partial charge is 0.392 e. The van der Waals surface area contributed by atoms with Gasteiger partial charge in [-0.05, 0) is 18.9 Å². The van der Waals surface area contributed by atoms with E-state index in [2.05, 4.69) is 0 Å². The molecule has 0 aliphatic heterocycles. The van der Waals surface area contributed by atoms with E-state index in [1.165, 1.54) is 0 Å². The van der Waals surface area contributed by atoms with Crippen LogP contribution in [0.2, 0.25) is 0 Å². The quantitative estimate of drug-likeness (QED) is 0.800. The van der Waals surface area contributed by atoms with Crippen molar-refractivity contribution < 1.29 is 9.90 Å². The van der Waals surface area contributed by atoms with Gasteiger partial charge in [0.25, 0.3) is 0 Å². The van der Waals surface area contributed by atoms with E-state index in [1.807, 2.05) is 30.3 Å². The Hall–Kier alpha value is -1.39. The van der Waals surface area contributed by atoms with E-state index < -0.39 is 6.10 Å². The molecule has 0 saturated heterocycles. The molecule has 0 heterocycles. The SMILES string of the molecule is CC(O)CN(C)C(=O)CCC(N)c1ccccc1. The number of carbonyl (C=O) groups is 1. The summed E-state index contributed by atoms with van der Waals surface area (Å²) in [6.07, 6.45) is 0.522. The van der Waals surface area contributed by atoms with Crippen LogP contribution in [0, 0.1) is 0 Å². The van der Waals surface area contributed by atoms with Crippen LogP contribution in [0.1, 0.15) is 31.4 Å². The van der Waals surface area contributed by atoms with Crippen molar-refractivity contribution in [2.45, 2.75) is 31.9 Å². The lowest BCUT2D eigenvalue weighted by atomic mass is 10.0. The second-order valence-corrected chi connectivity index (χ2v) is 4.68. The summed E-state index contributed by atoms with van der Waals surface area (Å²) in [6.45, 7) is 2.03. The highest BCUT2D eigenvalue weighted by molar-refractivity contribution is 5.75. The lowest BCUT2D eigenvalue weighted by Gasteiger charge is -2.20. The number of rotatable bonds is 6. The first-order chi connectivity index (χ1) is 8.50. The normalized spacial score (nSPS) is 14.0. The number of aliphatic hydroxyl groups is 1. The van der Waals surface area contributed by atoms with Crippen LogP contribution < -0.4 is 5.73 Å². The third kappa shape index (κ3) is 4.85. The van der Waals surface area contributed by atoms with E-state index in [-0.39, 0.29) is 11.9 Å². The summed E-state index contributed by atoms with van der Waals surface area (Å²) in [5, 5.41) is 9.21. The van der Waals surface area contributed by atoms with Crippen molar-refractivity contribution in [1.82, 2.24) is 4.90 Å². The van der Waals surface area contributed by atoms with Crippen LogP contribution in [0.5, 0.6) is 0 Å². The maximum Gasteiger partial charge on any atom is 0.222 e. The van der Waals surface area contributed by atoms with Gasteiger partial charge in [0, 0.05) is 26.1 Å². The molecule has 2 unspecified atom stereocenters. The molecule has 4 heteroatoms. The van der Waals surface area contributed by atoms with Crippen molar-refractivity contribution in [1.29, 1.82) is 0 Å². The molecule has 0 saturated carbocycles. The highest BCUT2D eigenvalue weighted by atomic mass is 16.3. The second kappa shape index (κ2) is 7.13. The van der Waals surface area contributed by atoms with E-state index in [0.29, 0.717) is 19.4 Å². The molecule has 0 radical (unpaired) electrons. The summed E-state index contributed by atoms with van der Waals surface area (Å²) in [7, 11) is 1.70. The Bertz CT molecular complexity index is 365. The first-order valence-electron chi connectivity index (χ1n) is 6.23. The zero-order valence-electron chi connectivity index (χ0n) is 11.0. The average molecular weight is 250 g/mol. The second-order valence-electron chi connectivity index (χ2n) is 4.68. The Labute approximate surface area is 108 Å². The van der Waals surface area contributed by atoms with Crippen LogP contribution in [0.3, 0.4) is 0 Å². The number of hydrogen-bond donors (Lipinski definition) is 2. The van der Waals surface area contributed by atoms with Crippen LogP contribution >= 0.6 is 0 Å². The number of nitrogens with two attached hydrogens (primary N) is 1. The Morgan fingerprint density at radius 1 is 1.39 bits per heavy atom. The monoisotopic (exact) mass is 250 g/mol. The molecule has 1 aromatic rings. The molecule has 0 aliphatic carbocycles. The van der Waals surface area contributed by atoms with E-state index in [0.717, 1.165) is 5.56 Å². The van der Waals surface area contributed by atoms with Crippen molar-refractivity contribution in [2.24, 2.45) is 5.73 Å². The maximum atomic E-state index is 11.8. The van der Waals surface area contributed by atoms with Crippen molar-refractivity contribution >= 4 is 5.91 Å². The zero-order valence-corrected chi connectivity index (χ0v) is 11.0. The Balaban J connectivity index is 2.39. The number of aliphatic hydroxyl groups excluding tert-OH is 1. The highest BCUT2D eigenvalue weighted by Crippen LogP contribution is 2.15. The number of amides is 1. The maximum absolute atomic E-state index is 11.8. The molecule has 18 heavy (non-hydrogen) atoms. The molecule has 0 aromatic heterocycles. The van der Waals surface area contributed by atoms with Gasteiger partial charge in [-0.15, -0.1) is 0 Å². The van der Waals surface area contributed by atoms with Crippen LogP contribution in [0.4, 0.5) is 0 Å². The topological polar surface area (TPSA) is 66.6 Å². The average Bonchev–Trinajstić information content (AvgIpc) is 2.35. The van der Waals surface area contributed by atoms with Gasteiger partial charge < -0.3 is 15.7 Å². The molecule has 4 nitrogen and oxygen atoms in total. The summed E-state index contributed by atoms with van der Waals surface area (Å²) in [4.78, 5) is 13.3. The highest BCUT2D eigenvalue weighted by Gasteiger charge is 2.13. The van der Waals surface area contributed by atoms with Gasteiger partial charge in [-0.25, -0.2) is 0 Å². The number of carbonyl (C=O) groups excluding carboxylic acids is 1. The van der Waals surface area contributed by atoms with Gasteiger partial charge in [0.15, 0.2) is 0 Å². The van der Waals surface area contributed by atoms with Crippen LogP contribution in [0.15, 0.2) is 30.3 Å². The first kappa shape index (κ1) is 14.7. The minimum atomic E-state index is -0.498. The summed E-state index contributed by atoms with van der Waals surface area (Å²) >= 11 is 0. The molecule has 3 N–H and O–H groups in total. The van der Waals surface area contributed by atoms with Gasteiger partial charge in [0.05, 0.1) is 6.10 Å². The van der Waals surface area contributed by atoms with Gasteiger partial charge in [0.1, 0.15) is 0 Å². The lowest BCUT2D eigenvalue weighted by Crippen LogP contribution is -2.33. The minimum absolute atomic E-state index is 0.0160. The standard InChI is InChI=1S/C14H22N2O2/c1-11(17)10-16(2)14(18)9-8-13(15)12-6-4-3-5-7-12/h3-7,11,13,17H,8-10,15H2,1-2H3. The van der Waals surface area contributed by atoms with E-state index in [4.69, 9.17) is 5.73 Å². The third-order valence-electron chi connectivity index (χ3n) is 2.86. The number of nitrogens with zero attached hydrogens (tertiary/aromatic N) is 1. The van der Waals surface area contributed by atoms with Crippen LogP contribution in [0.25, 0.3) is 0 Å². The lowest BCUT2D eigenvalue weighted by molar-refractivity contribution is -0.131. The van der Waals surface area contributed by atoms with Crippen molar-refractivity contribution in [3.05, 3.63) is 35.9 Å². The molecular formula is C14H22N2O2. The summed E-state index contributed by atoms with van der Waals surface area (Å²) in [5.41, 5.74) is 7.07. The van der Waals surface area contributed by atoms with Crippen molar-refractivity contribution in [2.75, 3.05) is 13.6 Å². The van der Waals surface area contributed by atoms with Crippen molar-refractivity contribution in [3.8, 4) is 0 Å². The summed E-state index contributed by atoms with van der Waals surface area (Å²) in [5.74, 6) is 0.0160. The molecule has 0 aliphatic rings. The molecule has 100 valence electrons. The van der Waals surface area contributed by atoms with Crippen LogP contribution in [-0.4, -0.2) is 35.6 Å². The van der Waals surface area contributed by atoms with E-state index >= 15 is 0 Å². The number of hydrogen-bond acceptors (Lipinski definition) is 3. The molecule has 1 aromatic carbocycles.